The molecule has 3 nitrogen and oxygen atoms in total. The Bertz CT molecular complexity index is 871. The van der Waals surface area contributed by atoms with E-state index in [1.54, 1.807) is 12.3 Å². The van der Waals surface area contributed by atoms with Crippen LogP contribution in [0.15, 0.2) is 71.7 Å². The summed E-state index contributed by atoms with van der Waals surface area (Å²) >= 11 is 6.26. The van der Waals surface area contributed by atoms with Crippen LogP contribution in [-0.4, -0.2) is 9.55 Å². The number of rotatable bonds is 4. The molecule has 4 heteroatoms. The smallest absolute Gasteiger partial charge is 0.293 e. The highest BCUT2D eigenvalue weighted by Gasteiger charge is 2.05. The monoisotopic (exact) mass is 322 g/mol. The Kier molecular flexibility index (Phi) is 4.69. The van der Waals surface area contributed by atoms with Crippen molar-refractivity contribution in [3.05, 3.63) is 99.2 Å². The normalized spacial score (nSPS) is 11.0. The lowest BCUT2D eigenvalue weighted by atomic mass is 10.2. The van der Waals surface area contributed by atoms with E-state index in [-0.39, 0.29) is 5.69 Å². The van der Waals surface area contributed by atoms with Crippen molar-refractivity contribution in [3.8, 4) is 0 Å². The van der Waals surface area contributed by atoms with Crippen LogP contribution in [0.2, 0.25) is 5.02 Å². The number of halogens is 1. The molecule has 0 radical (unpaired) electrons. The Hall–Kier alpha value is -2.65. The zero-order valence-electron chi connectivity index (χ0n) is 12.4. The minimum absolute atomic E-state index is 0.314. The van der Waals surface area contributed by atoms with Gasteiger partial charge in [0.25, 0.3) is 0 Å². The average Bonchev–Trinajstić information content (AvgIpc) is 2.58. The van der Waals surface area contributed by atoms with Crippen LogP contribution in [0.3, 0.4) is 0 Å². The second kappa shape index (κ2) is 7.07. The van der Waals surface area contributed by atoms with Gasteiger partial charge >= 0.3 is 5.69 Å². The fourth-order valence-corrected chi connectivity index (χ4v) is 2.45. The highest BCUT2D eigenvalue weighted by molar-refractivity contribution is 6.31. The van der Waals surface area contributed by atoms with Gasteiger partial charge in [-0.15, -0.1) is 0 Å². The number of aromatic nitrogens is 2. The van der Waals surface area contributed by atoms with Gasteiger partial charge in [0.05, 0.1) is 17.3 Å². The molecule has 0 unspecified atom stereocenters. The molecule has 0 bridgehead atoms. The third kappa shape index (κ3) is 3.96. The third-order valence-electron chi connectivity index (χ3n) is 3.40. The van der Waals surface area contributed by atoms with Crippen LogP contribution in [-0.2, 0) is 6.54 Å². The van der Waals surface area contributed by atoms with Gasteiger partial charge in [-0.25, -0.2) is 4.79 Å². The summed E-state index contributed by atoms with van der Waals surface area (Å²) in [4.78, 5) is 16.2. The van der Waals surface area contributed by atoms with Crippen molar-refractivity contribution < 1.29 is 0 Å². The second-order valence-electron chi connectivity index (χ2n) is 5.11. The molecule has 23 heavy (non-hydrogen) atoms. The second-order valence-corrected chi connectivity index (χ2v) is 5.52. The molecule has 0 atom stereocenters. The largest absolute Gasteiger partial charge is 0.348 e. The number of nitrogens with zero attached hydrogens (tertiary/aromatic N) is 2. The van der Waals surface area contributed by atoms with Crippen molar-refractivity contribution in [1.29, 1.82) is 0 Å². The van der Waals surface area contributed by atoms with Crippen molar-refractivity contribution in [2.75, 3.05) is 0 Å². The highest BCUT2D eigenvalue weighted by Crippen LogP contribution is 2.15. The first-order chi connectivity index (χ1) is 11.2. The number of hydrogen-bond donors (Lipinski definition) is 0. The minimum Gasteiger partial charge on any atom is -0.293 e. The number of hydrogen-bond acceptors (Lipinski definition) is 2. The van der Waals surface area contributed by atoms with Crippen molar-refractivity contribution in [1.82, 2.24) is 9.55 Å². The summed E-state index contributed by atoms with van der Waals surface area (Å²) in [6.07, 6.45) is 5.27. The van der Waals surface area contributed by atoms with Gasteiger partial charge < -0.3 is 0 Å². The van der Waals surface area contributed by atoms with E-state index in [1.807, 2.05) is 66.7 Å². The average molecular weight is 323 g/mol. The van der Waals surface area contributed by atoms with E-state index >= 15 is 0 Å². The van der Waals surface area contributed by atoms with Gasteiger partial charge in [-0.1, -0.05) is 78.3 Å². The zero-order chi connectivity index (χ0) is 16.1. The molecule has 0 spiro atoms. The van der Waals surface area contributed by atoms with Crippen LogP contribution in [0.25, 0.3) is 12.2 Å². The van der Waals surface area contributed by atoms with Crippen molar-refractivity contribution in [2.45, 2.75) is 6.54 Å². The molecule has 2 aromatic carbocycles. The molecule has 0 aliphatic heterocycles. The van der Waals surface area contributed by atoms with Crippen LogP contribution in [0.5, 0.6) is 0 Å². The quantitative estimate of drug-likeness (QED) is 0.724. The molecule has 0 saturated heterocycles. The molecule has 1 aromatic heterocycles. The van der Waals surface area contributed by atoms with Gasteiger partial charge in [-0.2, -0.15) is 4.98 Å². The summed E-state index contributed by atoms with van der Waals surface area (Å²) in [5.41, 5.74) is 2.22. The maximum absolute atomic E-state index is 12.2. The van der Waals surface area contributed by atoms with Crippen LogP contribution >= 0.6 is 11.6 Å². The first kappa shape index (κ1) is 15.3. The van der Waals surface area contributed by atoms with E-state index in [9.17, 15) is 4.79 Å². The lowest BCUT2D eigenvalue weighted by Crippen LogP contribution is -2.23. The van der Waals surface area contributed by atoms with E-state index in [2.05, 4.69) is 4.98 Å². The summed E-state index contributed by atoms with van der Waals surface area (Å²) in [6.45, 7) is 0.453. The van der Waals surface area contributed by atoms with E-state index < -0.39 is 0 Å². The van der Waals surface area contributed by atoms with E-state index in [1.165, 1.54) is 4.57 Å². The van der Waals surface area contributed by atoms with Gasteiger partial charge in [-0.05, 0) is 17.2 Å². The van der Waals surface area contributed by atoms with Gasteiger partial charge in [0.15, 0.2) is 0 Å². The zero-order valence-corrected chi connectivity index (χ0v) is 13.1. The molecule has 114 valence electrons. The molecule has 0 aliphatic rings. The lowest BCUT2D eigenvalue weighted by Gasteiger charge is -2.07. The van der Waals surface area contributed by atoms with Crippen molar-refractivity contribution >= 4 is 23.8 Å². The molecule has 0 amide bonds. The topological polar surface area (TPSA) is 34.9 Å². The van der Waals surface area contributed by atoms with E-state index in [0.717, 1.165) is 11.1 Å². The van der Waals surface area contributed by atoms with Gasteiger partial charge in [0.1, 0.15) is 0 Å². The fourth-order valence-electron chi connectivity index (χ4n) is 2.23. The van der Waals surface area contributed by atoms with Crippen LogP contribution < -0.4 is 5.69 Å². The van der Waals surface area contributed by atoms with Crippen LogP contribution in [0, 0.1) is 0 Å². The first-order valence-electron chi connectivity index (χ1n) is 7.26. The standard InChI is InChI=1S/C19H15ClN2O/c20-17-14-22(13-16-9-5-2-6-10-16)19(23)21-18(17)12-11-15-7-3-1-4-8-15/h1-12,14H,13H2. The molecule has 0 saturated carbocycles. The summed E-state index contributed by atoms with van der Waals surface area (Å²) in [5.74, 6) is 0. The minimum atomic E-state index is -0.314. The molecular formula is C19H15ClN2O. The Balaban J connectivity index is 1.86. The summed E-state index contributed by atoms with van der Waals surface area (Å²) in [5, 5.41) is 0.452. The Morgan fingerprint density at radius 3 is 2.30 bits per heavy atom. The predicted octanol–water partition coefficient (Wildman–Crippen LogP) is 4.12. The van der Waals surface area contributed by atoms with Crippen molar-refractivity contribution in [3.63, 3.8) is 0 Å². The Labute approximate surface area is 139 Å². The summed E-state index contributed by atoms with van der Waals surface area (Å²) in [6, 6.07) is 19.5. The molecule has 3 aromatic rings. The predicted molar refractivity (Wildman–Crippen MR) is 94.4 cm³/mol. The summed E-state index contributed by atoms with van der Waals surface area (Å²) < 4.78 is 1.51. The SMILES string of the molecule is O=c1nc(C=Cc2ccccc2)c(Cl)cn1Cc1ccccc1. The Morgan fingerprint density at radius 2 is 1.61 bits per heavy atom. The molecule has 3 rings (SSSR count). The first-order valence-corrected chi connectivity index (χ1v) is 7.64. The maximum atomic E-state index is 12.2. The fraction of sp³-hybridized carbons (Fsp3) is 0.0526. The highest BCUT2D eigenvalue weighted by atomic mass is 35.5. The summed E-state index contributed by atoms with van der Waals surface area (Å²) in [7, 11) is 0. The molecule has 1 heterocycles. The van der Waals surface area contributed by atoms with E-state index in [4.69, 9.17) is 11.6 Å². The molecule has 0 N–H and O–H groups in total. The van der Waals surface area contributed by atoms with Gasteiger partial charge in [-0.3, -0.25) is 4.57 Å². The van der Waals surface area contributed by atoms with Crippen LogP contribution in [0.4, 0.5) is 0 Å². The third-order valence-corrected chi connectivity index (χ3v) is 3.70. The van der Waals surface area contributed by atoms with Gasteiger partial charge in [0.2, 0.25) is 0 Å². The van der Waals surface area contributed by atoms with E-state index in [0.29, 0.717) is 17.3 Å². The lowest BCUT2D eigenvalue weighted by molar-refractivity contribution is 0.725. The van der Waals surface area contributed by atoms with Gasteiger partial charge in [0, 0.05) is 6.20 Å². The maximum Gasteiger partial charge on any atom is 0.348 e. The molecule has 0 aliphatic carbocycles. The van der Waals surface area contributed by atoms with Crippen LogP contribution in [0.1, 0.15) is 16.8 Å². The Morgan fingerprint density at radius 1 is 0.957 bits per heavy atom. The molecular weight excluding hydrogens is 308 g/mol. The molecule has 0 fully saturated rings. The van der Waals surface area contributed by atoms with Crippen molar-refractivity contribution in [2.24, 2.45) is 0 Å². The number of benzene rings is 2.